The first-order chi connectivity index (χ1) is 15.8. The van der Waals surface area contributed by atoms with Gasteiger partial charge in [0.25, 0.3) is 5.91 Å². The molecule has 1 N–H and O–H groups in total. The van der Waals surface area contributed by atoms with Gasteiger partial charge in [0.05, 0.1) is 16.8 Å². The number of piperidine rings is 1. The van der Waals surface area contributed by atoms with Gasteiger partial charge in [-0.2, -0.15) is 0 Å². The number of carbonyl (C=O) groups is 2. The summed E-state index contributed by atoms with van der Waals surface area (Å²) < 4.78 is 3.20. The summed E-state index contributed by atoms with van der Waals surface area (Å²) in [5, 5.41) is 5.36. The largest absolute Gasteiger partial charge is 0.351 e. The van der Waals surface area contributed by atoms with Crippen LogP contribution < -0.4 is 5.32 Å². The summed E-state index contributed by atoms with van der Waals surface area (Å²) >= 11 is 1.66. The van der Waals surface area contributed by atoms with Crippen LogP contribution >= 0.6 is 11.3 Å². The van der Waals surface area contributed by atoms with Crippen molar-refractivity contribution in [1.29, 1.82) is 0 Å². The lowest BCUT2D eigenvalue weighted by Gasteiger charge is -2.45. The van der Waals surface area contributed by atoms with Crippen molar-refractivity contribution in [2.24, 2.45) is 11.8 Å². The monoisotopic (exact) mass is 470 g/mol. The molecule has 0 radical (unpaired) electrons. The summed E-state index contributed by atoms with van der Waals surface area (Å²) in [6.07, 6.45) is 6.64. The van der Waals surface area contributed by atoms with Crippen LogP contribution in [-0.2, 0) is 11.3 Å². The maximum Gasteiger partial charge on any atom is 0.271 e. The highest BCUT2D eigenvalue weighted by atomic mass is 32.1. The van der Waals surface area contributed by atoms with Crippen LogP contribution in [0.15, 0.2) is 17.5 Å². The van der Waals surface area contributed by atoms with E-state index in [4.69, 9.17) is 0 Å². The van der Waals surface area contributed by atoms with Crippen molar-refractivity contribution in [2.75, 3.05) is 26.2 Å². The molecule has 0 spiro atoms. The fourth-order valence-electron chi connectivity index (χ4n) is 6.46. The Bertz CT molecular complexity index is 1010. The van der Waals surface area contributed by atoms with Crippen LogP contribution in [0.1, 0.15) is 69.8 Å². The Morgan fingerprint density at radius 1 is 1.18 bits per heavy atom. The number of rotatable bonds is 6. The van der Waals surface area contributed by atoms with E-state index >= 15 is 0 Å². The molecule has 0 aromatic carbocycles. The van der Waals surface area contributed by atoms with Crippen LogP contribution in [0.25, 0.3) is 10.2 Å². The van der Waals surface area contributed by atoms with Crippen LogP contribution in [0, 0.1) is 11.8 Å². The highest BCUT2D eigenvalue weighted by Crippen LogP contribution is 2.35. The van der Waals surface area contributed by atoms with E-state index in [1.807, 2.05) is 17.9 Å². The van der Waals surface area contributed by atoms with Gasteiger partial charge in [0, 0.05) is 25.7 Å². The zero-order chi connectivity index (χ0) is 23.2. The SMILES string of the molecule is C[C@@H]1C[C@H](C)CN(CCCN2C(=O)c3cc4sccc4n3C[C@]2(C)C(=O)NC2CCCC2)C1. The molecule has 0 bridgehead atoms. The highest BCUT2D eigenvalue weighted by Gasteiger charge is 2.48. The molecule has 2 aromatic rings. The van der Waals surface area contributed by atoms with E-state index in [-0.39, 0.29) is 17.9 Å². The molecule has 2 amide bonds. The van der Waals surface area contributed by atoms with E-state index in [1.54, 1.807) is 11.3 Å². The molecule has 7 heteroatoms. The van der Waals surface area contributed by atoms with Crippen LogP contribution in [-0.4, -0.2) is 63.9 Å². The zero-order valence-electron chi connectivity index (χ0n) is 20.3. The number of aromatic nitrogens is 1. The second-order valence-corrected chi connectivity index (χ2v) is 12.0. The fraction of sp³-hybridized carbons (Fsp3) is 0.692. The Morgan fingerprint density at radius 2 is 1.91 bits per heavy atom. The third-order valence-electron chi connectivity index (χ3n) is 8.03. The minimum atomic E-state index is -0.872. The summed E-state index contributed by atoms with van der Waals surface area (Å²) in [5.41, 5.74) is 0.922. The smallest absolute Gasteiger partial charge is 0.271 e. The number of hydrogen-bond donors (Lipinski definition) is 1. The van der Waals surface area contributed by atoms with E-state index in [0.29, 0.717) is 13.1 Å². The lowest BCUT2D eigenvalue weighted by atomic mass is 9.91. The Balaban J connectivity index is 1.37. The highest BCUT2D eigenvalue weighted by molar-refractivity contribution is 7.17. The predicted molar refractivity (Wildman–Crippen MR) is 134 cm³/mol. The van der Waals surface area contributed by atoms with Gasteiger partial charge in [-0.1, -0.05) is 26.7 Å². The molecule has 1 saturated carbocycles. The Labute approximate surface area is 201 Å². The van der Waals surface area contributed by atoms with E-state index in [2.05, 4.69) is 40.1 Å². The molecule has 2 aliphatic heterocycles. The molecular weight excluding hydrogens is 432 g/mol. The molecule has 33 heavy (non-hydrogen) atoms. The third-order valence-corrected chi connectivity index (χ3v) is 8.88. The van der Waals surface area contributed by atoms with E-state index in [0.717, 1.165) is 66.6 Å². The Hall–Kier alpha value is -1.86. The molecule has 2 fully saturated rings. The molecule has 5 rings (SSSR count). The number of carbonyl (C=O) groups excluding carboxylic acids is 2. The fourth-order valence-corrected chi connectivity index (χ4v) is 7.28. The average molecular weight is 471 g/mol. The molecule has 2 aromatic heterocycles. The van der Waals surface area contributed by atoms with Gasteiger partial charge in [-0.25, -0.2) is 0 Å². The quantitative estimate of drug-likeness (QED) is 0.683. The van der Waals surface area contributed by atoms with Crippen molar-refractivity contribution in [3.63, 3.8) is 0 Å². The molecule has 3 atom stereocenters. The van der Waals surface area contributed by atoms with Gasteiger partial charge in [-0.3, -0.25) is 9.59 Å². The lowest BCUT2D eigenvalue weighted by Crippen LogP contribution is -2.65. The molecule has 4 heterocycles. The number of fused-ring (bicyclic) bond motifs is 3. The van der Waals surface area contributed by atoms with E-state index in [9.17, 15) is 9.59 Å². The Kier molecular flexibility index (Phi) is 6.29. The number of amides is 2. The van der Waals surface area contributed by atoms with E-state index in [1.165, 1.54) is 19.3 Å². The van der Waals surface area contributed by atoms with Crippen LogP contribution in [0.4, 0.5) is 0 Å². The molecule has 180 valence electrons. The minimum Gasteiger partial charge on any atom is -0.351 e. The van der Waals surface area contributed by atoms with Crippen molar-refractivity contribution < 1.29 is 9.59 Å². The second kappa shape index (κ2) is 9.06. The molecule has 0 unspecified atom stereocenters. The van der Waals surface area contributed by atoms with Crippen molar-refractivity contribution in [3.05, 3.63) is 23.2 Å². The molecule has 3 aliphatic rings. The van der Waals surface area contributed by atoms with Crippen molar-refractivity contribution in [3.8, 4) is 0 Å². The second-order valence-electron chi connectivity index (χ2n) is 11.0. The van der Waals surface area contributed by atoms with Crippen LogP contribution in [0.3, 0.4) is 0 Å². The lowest BCUT2D eigenvalue weighted by molar-refractivity contribution is -0.133. The average Bonchev–Trinajstić information content (AvgIpc) is 3.48. The first-order valence-corrected chi connectivity index (χ1v) is 13.6. The summed E-state index contributed by atoms with van der Waals surface area (Å²) in [7, 11) is 0. The van der Waals surface area contributed by atoms with Gasteiger partial charge in [0.1, 0.15) is 11.2 Å². The molecule has 1 aliphatic carbocycles. The summed E-state index contributed by atoms with van der Waals surface area (Å²) in [6, 6.07) is 4.33. The van der Waals surface area contributed by atoms with Gasteiger partial charge in [-0.05, 0) is 68.5 Å². The first-order valence-electron chi connectivity index (χ1n) is 12.8. The van der Waals surface area contributed by atoms with Gasteiger partial charge >= 0.3 is 0 Å². The number of nitrogens with one attached hydrogen (secondary N) is 1. The van der Waals surface area contributed by atoms with Gasteiger partial charge in [0.2, 0.25) is 5.91 Å². The minimum absolute atomic E-state index is 0.00527. The molecule has 6 nitrogen and oxygen atoms in total. The molecular formula is C26H38N4O2S. The van der Waals surface area contributed by atoms with Gasteiger partial charge < -0.3 is 19.7 Å². The number of nitrogens with zero attached hydrogens (tertiary/aromatic N) is 3. The first kappa shape index (κ1) is 22.9. The third kappa shape index (κ3) is 4.34. The standard InChI is InChI=1S/C26H38N4O2S/c1-18-13-19(2)16-28(15-18)10-6-11-30-24(31)22-14-23-21(9-12-33-23)29(22)17-26(30,3)25(32)27-20-7-4-5-8-20/h9,12,14,18-20H,4-8,10-11,13,15-17H2,1-3H3,(H,27,32)/t18-,19+,26-/m1/s1. The normalized spacial score (nSPS) is 29.1. The number of hydrogen-bond acceptors (Lipinski definition) is 4. The topological polar surface area (TPSA) is 57.6 Å². The maximum absolute atomic E-state index is 13.7. The van der Waals surface area contributed by atoms with Crippen LogP contribution in [0.2, 0.25) is 0 Å². The van der Waals surface area contributed by atoms with Crippen molar-refractivity contribution in [1.82, 2.24) is 19.7 Å². The van der Waals surface area contributed by atoms with E-state index < -0.39 is 5.54 Å². The molecule has 1 saturated heterocycles. The summed E-state index contributed by atoms with van der Waals surface area (Å²) in [4.78, 5) is 31.8. The van der Waals surface area contributed by atoms with Gasteiger partial charge in [-0.15, -0.1) is 11.3 Å². The maximum atomic E-state index is 13.7. The summed E-state index contributed by atoms with van der Waals surface area (Å²) in [5.74, 6) is 1.45. The van der Waals surface area contributed by atoms with Crippen molar-refractivity contribution in [2.45, 2.75) is 77.4 Å². The predicted octanol–water partition coefficient (Wildman–Crippen LogP) is 4.34. The summed E-state index contributed by atoms with van der Waals surface area (Å²) in [6.45, 7) is 11.0. The van der Waals surface area contributed by atoms with Gasteiger partial charge in [0.15, 0.2) is 0 Å². The van der Waals surface area contributed by atoms with Crippen LogP contribution in [0.5, 0.6) is 0 Å². The van der Waals surface area contributed by atoms with Crippen molar-refractivity contribution >= 4 is 33.4 Å². The zero-order valence-corrected chi connectivity index (χ0v) is 21.1. The number of likely N-dealkylation sites (tertiary alicyclic amines) is 1. The number of thiophene rings is 1. The Morgan fingerprint density at radius 3 is 2.64 bits per heavy atom.